The summed E-state index contributed by atoms with van der Waals surface area (Å²) in [6.45, 7) is 1.04. The fourth-order valence-corrected chi connectivity index (χ4v) is 3.73. The zero-order chi connectivity index (χ0) is 19.6. The number of esters is 1. The van der Waals surface area contributed by atoms with E-state index in [2.05, 4.69) is 9.64 Å². The number of hydrogen-bond acceptors (Lipinski definition) is 4. The standard InChI is InChI=1S/C19H23F3N2O3/c1-13-10-24(17(25)18(26)27-12-19(20,21)22)16(14-6-3-2-4-7-14)11-23(13)15-8-5-9-15/h2-4,6-7,13,15-16H,5,8-12H2,1H3/t13-,16-/m1/s1. The number of benzene rings is 1. The van der Waals surface area contributed by atoms with Gasteiger partial charge in [-0.1, -0.05) is 36.8 Å². The fourth-order valence-electron chi connectivity index (χ4n) is 3.73. The zero-order valence-corrected chi connectivity index (χ0v) is 15.1. The molecule has 27 heavy (non-hydrogen) atoms. The smallest absolute Gasteiger partial charge is 0.422 e. The Morgan fingerprint density at radius 1 is 1.15 bits per heavy atom. The van der Waals surface area contributed by atoms with Crippen LogP contribution in [-0.2, 0) is 14.3 Å². The molecule has 0 radical (unpaired) electrons. The van der Waals surface area contributed by atoms with Gasteiger partial charge >= 0.3 is 18.1 Å². The Labute approximate surface area is 156 Å². The highest BCUT2D eigenvalue weighted by atomic mass is 19.4. The molecule has 0 spiro atoms. The van der Waals surface area contributed by atoms with E-state index in [9.17, 15) is 22.8 Å². The predicted molar refractivity (Wildman–Crippen MR) is 91.7 cm³/mol. The van der Waals surface area contributed by atoms with Crippen molar-refractivity contribution >= 4 is 11.9 Å². The van der Waals surface area contributed by atoms with Crippen LogP contribution in [0.3, 0.4) is 0 Å². The first-order valence-electron chi connectivity index (χ1n) is 9.11. The molecule has 2 aliphatic rings. The molecule has 1 saturated heterocycles. The molecule has 0 bridgehead atoms. The second-order valence-electron chi connectivity index (χ2n) is 7.21. The number of carbonyl (C=O) groups is 2. The number of amides is 1. The normalized spacial score (nSPS) is 24.4. The van der Waals surface area contributed by atoms with Crippen LogP contribution in [0.4, 0.5) is 13.2 Å². The SMILES string of the molecule is C[C@@H]1CN(C(=O)C(=O)OCC(F)(F)F)[C@@H](c2ccccc2)CN1C1CCC1. The molecule has 1 aliphatic heterocycles. The highest BCUT2D eigenvalue weighted by Crippen LogP contribution is 2.34. The summed E-state index contributed by atoms with van der Waals surface area (Å²) >= 11 is 0. The molecule has 2 fully saturated rings. The number of piperazine rings is 1. The molecule has 1 saturated carbocycles. The van der Waals surface area contributed by atoms with E-state index in [0.29, 0.717) is 12.6 Å². The molecule has 1 amide bonds. The van der Waals surface area contributed by atoms with Crippen molar-refractivity contribution in [2.24, 2.45) is 0 Å². The first kappa shape index (κ1) is 19.7. The lowest BCUT2D eigenvalue weighted by Gasteiger charge is -2.50. The molecule has 8 heteroatoms. The molecule has 1 aliphatic carbocycles. The van der Waals surface area contributed by atoms with E-state index in [1.54, 1.807) is 0 Å². The molecule has 0 unspecified atom stereocenters. The van der Waals surface area contributed by atoms with Gasteiger partial charge in [0.25, 0.3) is 0 Å². The van der Waals surface area contributed by atoms with Gasteiger partial charge in [0.1, 0.15) is 0 Å². The number of carbonyl (C=O) groups excluding carboxylic acids is 2. The molecule has 148 valence electrons. The van der Waals surface area contributed by atoms with E-state index in [1.165, 1.54) is 11.3 Å². The van der Waals surface area contributed by atoms with Gasteiger partial charge < -0.3 is 9.64 Å². The first-order valence-corrected chi connectivity index (χ1v) is 9.11. The molecule has 1 aromatic rings. The summed E-state index contributed by atoms with van der Waals surface area (Å²) in [5.41, 5.74) is 0.852. The van der Waals surface area contributed by atoms with E-state index in [1.807, 2.05) is 37.3 Å². The number of nitrogens with zero attached hydrogens (tertiary/aromatic N) is 2. The maximum absolute atomic E-state index is 12.6. The van der Waals surface area contributed by atoms with Crippen LogP contribution in [0, 0.1) is 0 Å². The highest BCUT2D eigenvalue weighted by molar-refractivity contribution is 6.32. The predicted octanol–water partition coefficient (Wildman–Crippen LogP) is 2.92. The number of hydrogen-bond donors (Lipinski definition) is 0. The lowest BCUT2D eigenvalue weighted by atomic mass is 9.88. The Bertz CT molecular complexity index is 677. The molecular formula is C19H23F3N2O3. The second kappa shape index (κ2) is 7.88. The van der Waals surface area contributed by atoms with Crippen molar-refractivity contribution in [1.82, 2.24) is 9.80 Å². The zero-order valence-electron chi connectivity index (χ0n) is 15.1. The lowest BCUT2D eigenvalue weighted by molar-refractivity contribution is -0.190. The molecule has 0 aromatic heterocycles. The average Bonchev–Trinajstić information content (AvgIpc) is 2.59. The molecule has 1 aromatic carbocycles. The summed E-state index contributed by atoms with van der Waals surface area (Å²) in [7, 11) is 0. The van der Waals surface area contributed by atoms with Crippen molar-refractivity contribution in [2.75, 3.05) is 19.7 Å². The van der Waals surface area contributed by atoms with Crippen molar-refractivity contribution in [1.29, 1.82) is 0 Å². The Kier molecular flexibility index (Phi) is 5.74. The Balaban J connectivity index is 1.78. The van der Waals surface area contributed by atoms with Crippen molar-refractivity contribution in [3.63, 3.8) is 0 Å². The number of rotatable bonds is 3. The molecule has 2 atom stereocenters. The maximum Gasteiger partial charge on any atom is 0.422 e. The van der Waals surface area contributed by atoms with Gasteiger partial charge in [0, 0.05) is 25.2 Å². The molecule has 1 heterocycles. The van der Waals surface area contributed by atoms with Crippen LogP contribution in [-0.4, -0.2) is 59.6 Å². The Morgan fingerprint density at radius 3 is 2.37 bits per heavy atom. The fraction of sp³-hybridized carbons (Fsp3) is 0.579. The van der Waals surface area contributed by atoms with E-state index >= 15 is 0 Å². The van der Waals surface area contributed by atoms with Crippen LogP contribution in [0.2, 0.25) is 0 Å². The topological polar surface area (TPSA) is 49.9 Å². The summed E-state index contributed by atoms with van der Waals surface area (Å²) in [6.07, 6.45) is -1.28. The van der Waals surface area contributed by atoms with E-state index < -0.39 is 30.7 Å². The number of alkyl halides is 3. The highest BCUT2D eigenvalue weighted by Gasteiger charge is 2.42. The largest absolute Gasteiger partial charge is 0.449 e. The van der Waals surface area contributed by atoms with Crippen LogP contribution in [0.25, 0.3) is 0 Å². The summed E-state index contributed by atoms with van der Waals surface area (Å²) in [6, 6.07) is 9.34. The third-order valence-corrected chi connectivity index (χ3v) is 5.32. The molecule has 0 N–H and O–H groups in total. The molecule has 3 rings (SSSR count). The summed E-state index contributed by atoms with van der Waals surface area (Å²) in [5.74, 6) is -2.48. The van der Waals surface area contributed by atoms with E-state index in [4.69, 9.17) is 0 Å². The Hall–Kier alpha value is -2.09. The minimum Gasteiger partial charge on any atom is -0.449 e. The van der Waals surface area contributed by atoms with Crippen LogP contribution in [0.15, 0.2) is 30.3 Å². The van der Waals surface area contributed by atoms with Gasteiger partial charge in [-0.2, -0.15) is 13.2 Å². The monoisotopic (exact) mass is 384 g/mol. The molecule has 5 nitrogen and oxygen atoms in total. The third kappa shape index (κ3) is 4.61. The third-order valence-electron chi connectivity index (χ3n) is 5.32. The summed E-state index contributed by atoms with van der Waals surface area (Å²) < 4.78 is 41.1. The first-order chi connectivity index (χ1) is 12.8. The minimum absolute atomic E-state index is 0.0228. The van der Waals surface area contributed by atoms with Gasteiger partial charge in [-0.3, -0.25) is 9.69 Å². The van der Waals surface area contributed by atoms with Crippen LogP contribution < -0.4 is 0 Å². The lowest BCUT2D eigenvalue weighted by Crippen LogP contribution is -2.60. The van der Waals surface area contributed by atoms with Gasteiger partial charge in [0.2, 0.25) is 0 Å². The number of ether oxygens (including phenoxy) is 1. The Morgan fingerprint density at radius 2 is 1.81 bits per heavy atom. The average molecular weight is 384 g/mol. The van der Waals surface area contributed by atoms with Gasteiger partial charge in [0.05, 0.1) is 6.04 Å². The van der Waals surface area contributed by atoms with Crippen LogP contribution in [0.5, 0.6) is 0 Å². The van der Waals surface area contributed by atoms with Crippen molar-refractivity contribution in [2.45, 2.75) is 50.5 Å². The maximum atomic E-state index is 12.6. The second-order valence-corrected chi connectivity index (χ2v) is 7.21. The van der Waals surface area contributed by atoms with Gasteiger partial charge in [-0.05, 0) is 25.3 Å². The summed E-state index contributed by atoms with van der Waals surface area (Å²) in [4.78, 5) is 28.2. The van der Waals surface area contributed by atoms with E-state index in [-0.39, 0.29) is 12.6 Å². The quantitative estimate of drug-likeness (QED) is 0.594. The minimum atomic E-state index is -4.66. The van der Waals surface area contributed by atoms with Crippen molar-refractivity contribution < 1.29 is 27.5 Å². The van der Waals surface area contributed by atoms with Gasteiger partial charge in [-0.25, -0.2) is 4.79 Å². The van der Waals surface area contributed by atoms with Crippen molar-refractivity contribution in [3.8, 4) is 0 Å². The van der Waals surface area contributed by atoms with Crippen LogP contribution in [0.1, 0.15) is 37.8 Å². The van der Waals surface area contributed by atoms with Crippen LogP contribution >= 0.6 is 0 Å². The molecular weight excluding hydrogens is 361 g/mol. The van der Waals surface area contributed by atoms with Gasteiger partial charge in [0.15, 0.2) is 6.61 Å². The van der Waals surface area contributed by atoms with Gasteiger partial charge in [-0.15, -0.1) is 0 Å². The van der Waals surface area contributed by atoms with Crippen molar-refractivity contribution in [3.05, 3.63) is 35.9 Å². The summed E-state index contributed by atoms with van der Waals surface area (Å²) in [5, 5.41) is 0. The number of halogens is 3. The van der Waals surface area contributed by atoms with E-state index in [0.717, 1.165) is 18.4 Å².